The lowest BCUT2D eigenvalue weighted by Crippen LogP contribution is -2.62. The monoisotopic (exact) mass is 1190 g/mol. The predicted molar refractivity (Wildman–Crippen MR) is 395 cm³/mol. The summed E-state index contributed by atoms with van der Waals surface area (Å²) in [5.74, 6) is 0. The molecule has 1 aliphatic carbocycles. The van der Waals surface area contributed by atoms with E-state index in [1.165, 1.54) is 94.8 Å². The molecule has 0 fully saturated rings. The Bertz CT molecular complexity index is 4290. The first-order valence-corrected chi connectivity index (χ1v) is 33.3. The summed E-state index contributed by atoms with van der Waals surface area (Å²) in [5.41, 5.74) is 30.2. The van der Waals surface area contributed by atoms with Gasteiger partial charge >= 0.3 is 0 Å². The standard InChI is InChI=1S/C86H93BN4/c1-56-27-36-63(37-28-56)88(64-38-29-57(2)30-39-64)68-44-46-76-73(51-68)87-74-54-71-72(86(17,18)48-47-85(71,15)16)55-77(74)91(75-45-35-62(84(12,13)14)50-70(75)58-23-20-19-21-24-58)79-53-69(52-78(80(79)87)90(76)67-26-22-25-61(49-67)83(9,10)11)89(65-40-31-59(32-41-65)81(3,4)5)66-42-33-60(34-43-66)82(6,7)8/h19-46,49-55H,47-48H2,1-18H3. The maximum absolute atomic E-state index is 2.72. The molecular formula is C86H93BN4. The van der Waals surface area contributed by atoms with E-state index in [2.05, 4.69) is 357 Å². The normalized spacial score (nSPS) is 14.9. The van der Waals surface area contributed by atoms with Gasteiger partial charge in [-0.15, -0.1) is 0 Å². The second-order valence-electron chi connectivity index (χ2n) is 32.1. The van der Waals surface area contributed by atoms with E-state index in [0.29, 0.717) is 0 Å². The summed E-state index contributed by atoms with van der Waals surface area (Å²) in [4.78, 5) is 10.3. The van der Waals surface area contributed by atoms with Crippen molar-refractivity contribution >= 4 is 91.3 Å². The molecule has 0 unspecified atom stereocenters. The molecule has 0 N–H and O–H groups in total. The summed E-state index contributed by atoms with van der Waals surface area (Å²) in [6, 6.07) is 82.7. The van der Waals surface area contributed by atoms with Gasteiger partial charge in [-0.1, -0.05) is 225 Å². The third kappa shape index (κ3) is 11.2. The van der Waals surface area contributed by atoms with E-state index in [4.69, 9.17) is 0 Å². The molecule has 460 valence electrons. The number of aryl methyl sites for hydroxylation is 2. The number of fused-ring (bicyclic) bond motifs is 5. The van der Waals surface area contributed by atoms with Crippen molar-refractivity contribution < 1.29 is 0 Å². The number of hydrogen-bond donors (Lipinski definition) is 0. The van der Waals surface area contributed by atoms with Crippen LogP contribution in [0.2, 0.25) is 0 Å². The Hall–Kier alpha value is -8.54. The SMILES string of the molecule is Cc1ccc(N(c2ccc(C)cc2)c2ccc3c(c2)B2c4cc5c(cc4N(c4ccc(C(C)(C)C)cc4-c4ccccc4)c4cc(N(c6ccc(C(C)(C)C)cc6)c6ccc(C(C)(C)C)cc6)cc(c42)N3c2cccc(C(C)(C)C)c2)C(C)(C)CCC5(C)C)cc1. The highest BCUT2D eigenvalue weighted by atomic mass is 15.2. The topological polar surface area (TPSA) is 13.0 Å². The van der Waals surface area contributed by atoms with Gasteiger partial charge in [-0.3, -0.25) is 0 Å². The van der Waals surface area contributed by atoms with Gasteiger partial charge in [-0.25, -0.2) is 0 Å². The number of rotatable bonds is 9. The van der Waals surface area contributed by atoms with Crippen LogP contribution in [0.3, 0.4) is 0 Å². The zero-order valence-electron chi connectivity index (χ0n) is 57.5. The summed E-state index contributed by atoms with van der Waals surface area (Å²) in [6.07, 6.45) is 2.22. The Labute approximate surface area is 545 Å². The van der Waals surface area contributed by atoms with Gasteiger partial charge in [0.05, 0.1) is 11.4 Å². The highest BCUT2D eigenvalue weighted by Gasteiger charge is 2.48. The van der Waals surface area contributed by atoms with Gasteiger partial charge in [-0.05, 0) is 224 Å². The van der Waals surface area contributed by atoms with Crippen LogP contribution in [0.1, 0.15) is 168 Å². The lowest BCUT2D eigenvalue weighted by atomic mass is 9.33. The Morgan fingerprint density at radius 2 is 0.769 bits per heavy atom. The molecule has 10 aromatic rings. The largest absolute Gasteiger partial charge is 0.311 e. The van der Waals surface area contributed by atoms with Gasteiger partial charge in [0.2, 0.25) is 0 Å². The zero-order chi connectivity index (χ0) is 64.5. The van der Waals surface area contributed by atoms with E-state index >= 15 is 0 Å². The Morgan fingerprint density at radius 1 is 0.341 bits per heavy atom. The molecule has 4 nitrogen and oxygen atoms in total. The third-order valence-electron chi connectivity index (χ3n) is 20.2. The molecule has 5 heteroatoms. The highest BCUT2D eigenvalue weighted by Crippen LogP contribution is 2.54. The van der Waals surface area contributed by atoms with Gasteiger partial charge in [0.1, 0.15) is 0 Å². The minimum atomic E-state index is -0.175. The fourth-order valence-electron chi connectivity index (χ4n) is 14.5. The molecule has 10 aromatic carbocycles. The Morgan fingerprint density at radius 3 is 1.29 bits per heavy atom. The fourth-order valence-corrected chi connectivity index (χ4v) is 14.5. The first-order valence-electron chi connectivity index (χ1n) is 33.3. The summed E-state index contributed by atoms with van der Waals surface area (Å²) >= 11 is 0. The van der Waals surface area contributed by atoms with Crippen LogP contribution < -0.4 is 36.0 Å². The quantitative estimate of drug-likeness (QED) is 0.134. The van der Waals surface area contributed by atoms with Crippen LogP contribution in [-0.4, -0.2) is 6.71 Å². The maximum atomic E-state index is 2.72. The van der Waals surface area contributed by atoms with Crippen LogP contribution in [0.4, 0.5) is 68.2 Å². The first-order chi connectivity index (χ1) is 42.9. The van der Waals surface area contributed by atoms with Crippen molar-refractivity contribution in [2.24, 2.45) is 0 Å². The van der Waals surface area contributed by atoms with E-state index in [9.17, 15) is 0 Å². The minimum Gasteiger partial charge on any atom is -0.311 e. The smallest absolute Gasteiger partial charge is 0.252 e. The Kier molecular flexibility index (Phi) is 14.9. The lowest BCUT2D eigenvalue weighted by molar-refractivity contribution is 0.332. The average Bonchev–Trinajstić information content (AvgIpc) is 0.688. The van der Waals surface area contributed by atoms with E-state index in [1.54, 1.807) is 0 Å². The van der Waals surface area contributed by atoms with Crippen molar-refractivity contribution in [2.45, 2.75) is 170 Å². The molecule has 2 heterocycles. The second-order valence-corrected chi connectivity index (χ2v) is 32.1. The van der Waals surface area contributed by atoms with Crippen LogP contribution in [0.25, 0.3) is 11.1 Å². The molecule has 0 saturated heterocycles. The van der Waals surface area contributed by atoms with Crippen LogP contribution in [0.15, 0.2) is 212 Å². The lowest BCUT2D eigenvalue weighted by Gasteiger charge is -2.48. The molecule has 13 rings (SSSR count). The van der Waals surface area contributed by atoms with Crippen LogP contribution >= 0.6 is 0 Å². The highest BCUT2D eigenvalue weighted by molar-refractivity contribution is 7.00. The van der Waals surface area contributed by atoms with Gasteiger partial charge in [0.15, 0.2) is 0 Å². The molecular weight excluding hydrogens is 1100 g/mol. The molecule has 2 aliphatic heterocycles. The van der Waals surface area contributed by atoms with Gasteiger partial charge < -0.3 is 19.6 Å². The van der Waals surface area contributed by atoms with Gasteiger partial charge in [0.25, 0.3) is 6.71 Å². The molecule has 0 bridgehead atoms. The number of benzene rings is 10. The molecule has 0 atom stereocenters. The minimum absolute atomic E-state index is 0.0226. The summed E-state index contributed by atoms with van der Waals surface area (Å²) in [7, 11) is 0. The van der Waals surface area contributed by atoms with E-state index in [-0.39, 0.29) is 39.2 Å². The molecule has 0 saturated carbocycles. The molecule has 91 heavy (non-hydrogen) atoms. The first kappa shape index (κ1) is 61.3. The number of anilines is 12. The maximum Gasteiger partial charge on any atom is 0.252 e. The van der Waals surface area contributed by atoms with Crippen molar-refractivity contribution in [3.05, 3.63) is 257 Å². The van der Waals surface area contributed by atoms with Crippen molar-refractivity contribution in [3.63, 3.8) is 0 Å². The predicted octanol–water partition coefficient (Wildman–Crippen LogP) is 22.5. The zero-order valence-corrected chi connectivity index (χ0v) is 57.5. The summed E-state index contributed by atoms with van der Waals surface area (Å²) < 4.78 is 0. The number of hydrogen-bond acceptors (Lipinski definition) is 4. The van der Waals surface area contributed by atoms with Crippen molar-refractivity contribution in [3.8, 4) is 11.1 Å². The van der Waals surface area contributed by atoms with E-state index in [1.807, 2.05) is 0 Å². The molecule has 0 spiro atoms. The second kappa shape index (κ2) is 22.1. The number of nitrogens with zero attached hydrogens (tertiary/aromatic N) is 4. The Balaban J connectivity index is 1.21. The van der Waals surface area contributed by atoms with E-state index < -0.39 is 0 Å². The molecule has 0 radical (unpaired) electrons. The van der Waals surface area contributed by atoms with Gasteiger partial charge in [-0.2, -0.15) is 0 Å². The average molecular weight is 1190 g/mol. The molecule has 0 aromatic heterocycles. The fraction of sp³-hybridized carbons (Fsp3) is 0.302. The van der Waals surface area contributed by atoms with Crippen molar-refractivity contribution in [1.82, 2.24) is 0 Å². The summed E-state index contributed by atoms with van der Waals surface area (Å²) in [6.45, 7) is 42.1. The third-order valence-corrected chi connectivity index (χ3v) is 20.2. The van der Waals surface area contributed by atoms with E-state index in [0.717, 1.165) is 58.3 Å². The van der Waals surface area contributed by atoms with Crippen molar-refractivity contribution in [2.75, 3.05) is 19.6 Å². The molecule has 3 aliphatic rings. The van der Waals surface area contributed by atoms with Crippen LogP contribution in [-0.2, 0) is 32.5 Å². The van der Waals surface area contributed by atoms with Crippen LogP contribution in [0, 0.1) is 13.8 Å². The molecule has 0 amide bonds. The van der Waals surface area contributed by atoms with Crippen molar-refractivity contribution in [1.29, 1.82) is 0 Å². The van der Waals surface area contributed by atoms with Crippen LogP contribution in [0.5, 0.6) is 0 Å². The summed E-state index contributed by atoms with van der Waals surface area (Å²) in [5, 5.41) is 0. The van der Waals surface area contributed by atoms with Gasteiger partial charge in [0, 0.05) is 62.4 Å².